The van der Waals surface area contributed by atoms with Crippen molar-refractivity contribution in [3.05, 3.63) is 57.8 Å². The standard InChI is InChI=1S/C19H26N4OS.HI/c1-20-19(21-12-16-6-11-25-15-16)22-13-17-4-2-3-5-18(17)14-23-7-9-24-10-8-23;/h2-6,11,15H,7-10,12-14H2,1H3,(H2,20,21,22);1H. The lowest BCUT2D eigenvalue weighted by atomic mass is 10.1. The van der Waals surface area contributed by atoms with Gasteiger partial charge in [0, 0.05) is 39.8 Å². The number of nitrogens with zero attached hydrogens (tertiary/aromatic N) is 2. The van der Waals surface area contributed by atoms with Gasteiger partial charge in [0.15, 0.2) is 5.96 Å². The summed E-state index contributed by atoms with van der Waals surface area (Å²) in [6.45, 7) is 6.21. The predicted molar refractivity (Wildman–Crippen MR) is 119 cm³/mol. The monoisotopic (exact) mass is 486 g/mol. The highest BCUT2D eigenvalue weighted by atomic mass is 127. The lowest BCUT2D eigenvalue weighted by Crippen LogP contribution is -2.37. The van der Waals surface area contributed by atoms with Gasteiger partial charge in [0.25, 0.3) is 0 Å². The van der Waals surface area contributed by atoms with E-state index in [1.807, 2.05) is 7.05 Å². The van der Waals surface area contributed by atoms with E-state index in [0.717, 1.165) is 51.9 Å². The third-order valence-electron chi connectivity index (χ3n) is 4.33. The van der Waals surface area contributed by atoms with Crippen LogP contribution in [-0.4, -0.2) is 44.2 Å². The number of rotatable bonds is 6. The fourth-order valence-corrected chi connectivity index (χ4v) is 3.53. The third kappa shape index (κ3) is 6.53. The van der Waals surface area contributed by atoms with E-state index in [2.05, 4.69) is 61.6 Å². The van der Waals surface area contributed by atoms with E-state index in [0.29, 0.717) is 0 Å². The summed E-state index contributed by atoms with van der Waals surface area (Å²) in [4.78, 5) is 6.77. The molecule has 0 aliphatic carbocycles. The van der Waals surface area contributed by atoms with Crippen LogP contribution in [-0.2, 0) is 24.4 Å². The zero-order chi connectivity index (χ0) is 17.3. The number of hydrogen-bond acceptors (Lipinski definition) is 4. The number of guanidine groups is 1. The van der Waals surface area contributed by atoms with Crippen molar-refractivity contribution in [2.24, 2.45) is 4.99 Å². The molecule has 1 aromatic carbocycles. The molecule has 0 radical (unpaired) electrons. The highest BCUT2D eigenvalue weighted by Crippen LogP contribution is 2.13. The van der Waals surface area contributed by atoms with Gasteiger partial charge in [-0.1, -0.05) is 24.3 Å². The zero-order valence-corrected chi connectivity index (χ0v) is 18.3. The second-order valence-electron chi connectivity index (χ2n) is 6.07. The van der Waals surface area contributed by atoms with Crippen LogP contribution in [0.25, 0.3) is 0 Å². The van der Waals surface area contributed by atoms with Gasteiger partial charge in [-0.25, -0.2) is 0 Å². The van der Waals surface area contributed by atoms with Crippen molar-refractivity contribution in [2.45, 2.75) is 19.6 Å². The summed E-state index contributed by atoms with van der Waals surface area (Å²) in [6, 6.07) is 10.7. The van der Waals surface area contributed by atoms with Crippen LogP contribution in [0.1, 0.15) is 16.7 Å². The van der Waals surface area contributed by atoms with Gasteiger partial charge in [-0.05, 0) is 33.5 Å². The maximum atomic E-state index is 5.44. The molecular weight excluding hydrogens is 459 g/mol. The van der Waals surface area contributed by atoms with E-state index in [9.17, 15) is 0 Å². The van der Waals surface area contributed by atoms with Crippen molar-refractivity contribution in [1.82, 2.24) is 15.5 Å². The number of nitrogens with one attached hydrogen (secondary N) is 2. The van der Waals surface area contributed by atoms with Gasteiger partial charge in [0.2, 0.25) is 0 Å². The van der Waals surface area contributed by atoms with Gasteiger partial charge < -0.3 is 15.4 Å². The molecule has 0 bridgehead atoms. The number of halogens is 1. The van der Waals surface area contributed by atoms with Crippen LogP contribution in [0.2, 0.25) is 0 Å². The van der Waals surface area contributed by atoms with Crippen LogP contribution in [0.4, 0.5) is 0 Å². The summed E-state index contributed by atoms with van der Waals surface area (Å²) in [5.74, 6) is 0.826. The summed E-state index contributed by atoms with van der Waals surface area (Å²) in [6.07, 6.45) is 0. The molecule has 0 amide bonds. The Balaban J connectivity index is 0.00000243. The Labute approximate surface area is 176 Å². The quantitative estimate of drug-likeness (QED) is 0.375. The summed E-state index contributed by atoms with van der Waals surface area (Å²) in [7, 11) is 1.81. The van der Waals surface area contributed by atoms with Crippen LogP contribution in [0.5, 0.6) is 0 Å². The van der Waals surface area contributed by atoms with Crippen LogP contribution in [0.3, 0.4) is 0 Å². The largest absolute Gasteiger partial charge is 0.379 e. The number of aliphatic imine (C=N–C) groups is 1. The maximum absolute atomic E-state index is 5.44. The molecule has 1 aliphatic rings. The van der Waals surface area contributed by atoms with Crippen molar-refractivity contribution in [1.29, 1.82) is 0 Å². The Morgan fingerprint density at radius 3 is 2.54 bits per heavy atom. The van der Waals surface area contributed by atoms with E-state index in [1.54, 1.807) is 11.3 Å². The van der Waals surface area contributed by atoms with Crippen molar-refractivity contribution >= 4 is 41.3 Å². The van der Waals surface area contributed by atoms with Crippen LogP contribution in [0, 0.1) is 0 Å². The first-order valence-electron chi connectivity index (χ1n) is 8.67. The van der Waals surface area contributed by atoms with Gasteiger partial charge in [-0.15, -0.1) is 24.0 Å². The molecule has 0 saturated carbocycles. The SMILES string of the molecule is CN=C(NCc1ccsc1)NCc1ccccc1CN1CCOCC1.I. The Kier molecular flexibility index (Phi) is 9.38. The van der Waals surface area contributed by atoms with E-state index in [1.165, 1.54) is 16.7 Å². The molecule has 2 N–H and O–H groups in total. The fraction of sp³-hybridized carbons (Fsp3) is 0.421. The minimum atomic E-state index is 0. The number of hydrogen-bond donors (Lipinski definition) is 2. The number of benzene rings is 1. The number of thiophene rings is 1. The Bertz CT molecular complexity index is 672. The van der Waals surface area contributed by atoms with E-state index >= 15 is 0 Å². The summed E-state index contributed by atoms with van der Waals surface area (Å²) < 4.78 is 5.44. The first-order chi connectivity index (χ1) is 12.3. The third-order valence-corrected chi connectivity index (χ3v) is 5.06. The van der Waals surface area contributed by atoms with E-state index < -0.39 is 0 Å². The molecule has 3 rings (SSSR count). The molecule has 0 atom stereocenters. The molecule has 1 aliphatic heterocycles. The van der Waals surface area contributed by atoms with Gasteiger partial charge in [-0.2, -0.15) is 11.3 Å². The molecule has 5 nitrogen and oxygen atoms in total. The van der Waals surface area contributed by atoms with E-state index in [-0.39, 0.29) is 24.0 Å². The van der Waals surface area contributed by atoms with Crippen molar-refractivity contribution in [3.8, 4) is 0 Å². The Morgan fingerprint density at radius 1 is 1.12 bits per heavy atom. The average molecular weight is 486 g/mol. The lowest BCUT2D eigenvalue weighted by Gasteiger charge is -2.27. The highest BCUT2D eigenvalue weighted by Gasteiger charge is 2.12. The molecule has 0 spiro atoms. The van der Waals surface area contributed by atoms with Gasteiger partial charge in [-0.3, -0.25) is 9.89 Å². The highest BCUT2D eigenvalue weighted by molar-refractivity contribution is 14.0. The summed E-state index contributed by atoms with van der Waals surface area (Å²) >= 11 is 1.71. The van der Waals surface area contributed by atoms with Crippen molar-refractivity contribution < 1.29 is 4.74 Å². The molecule has 2 heterocycles. The molecule has 0 unspecified atom stereocenters. The second kappa shape index (κ2) is 11.5. The normalized spacial score (nSPS) is 15.3. The van der Waals surface area contributed by atoms with E-state index in [4.69, 9.17) is 4.74 Å². The summed E-state index contributed by atoms with van der Waals surface area (Å²) in [5.41, 5.74) is 3.96. The molecule has 7 heteroatoms. The molecule has 1 saturated heterocycles. The minimum Gasteiger partial charge on any atom is -0.379 e. The molecule has 1 fully saturated rings. The van der Waals surface area contributed by atoms with Crippen LogP contribution < -0.4 is 10.6 Å². The smallest absolute Gasteiger partial charge is 0.191 e. The zero-order valence-electron chi connectivity index (χ0n) is 15.1. The van der Waals surface area contributed by atoms with Crippen molar-refractivity contribution in [2.75, 3.05) is 33.4 Å². The maximum Gasteiger partial charge on any atom is 0.191 e. The number of ether oxygens (including phenoxy) is 1. The number of morpholine rings is 1. The molecule has 142 valence electrons. The molecule has 2 aromatic rings. The van der Waals surface area contributed by atoms with Crippen LogP contribution >= 0.6 is 35.3 Å². The van der Waals surface area contributed by atoms with Gasteiger partial charge in [0.05, 0.1) is 13.2 Å². The minimum absolute atomic E-state index is 0. The Hall–Kier alpha value is -1.16. The molecule has 1 aromatic heterocycles. The first kappa shape index (κ1) is 21.1. The summed E-state index contributed by atoms with van der Waals surface area (Å²) in [5, 5.41) is 11.0. The Morgan fingerprint density at radius 2 is 1.85 bits per heavy atom. The first-order valence-corrected chi connectivity index (χ1v) is 9.62. The lowest BCUT2D eigenvalue weighted by molar-refractivity contribution is 0.0341. The van der Waals surface area contributed by atoms with Gasteiger partial charge >= 0.3 is 0 Å². The van der Waals surface area contributed by atoms with Crippen molar-refractivity contribution in [3.63, 3.8) is 0 Å². The topological polar surface area (TPSA) is 48.9 Å². The van der Waals surface area contributed by atoms with Crippen LogP contribution in [0.15, 0.2) is 46.1 Å². The molecule has 26 heavy (non-hydrogen) atoms. The fourth-order valence-electron chi connectivity index (χ4n) is 2.86. The second-order valence-corrected chi connectivity index (χ2v) is 6.85. The molecular formula is C19H27IN4OS. The average Bonchev–Trinajstić information content (AvgIpc) is 3.17. The van der Waals surface area contributed by atoms with Gasteiger partial charge in [0.1, 0.15) is 0 Å². The predicted octanol–water partition coefficient (Wildman–Crippen LogP) is 3.06.